The molecular weight excluding hydrogens is 607 g/mol. The van der Waals surface area contributed by atoms with Gasteiger partial charge in [-0.15, -0.1) is 0 Å². The molecule has 36 heavy (non-hydrogen) atoms. The van der Waals surface area contributed by atoms with Crippen LogP contribution in [-0.4, -0.2) is 22.9 Å². The smallest absolute Gasteiger partial charge is 0.343 e. The lowest BCUT2D eigenvalue weighted by Gasteiger charge is -2.13. The van der Waals surface area contributed by atoms with Gasteiger partial charge in [-0.3, -0.25) is 20.2 Å². The zero-order chi connectivity index (χ0) is 26.0. The maximum Gasteiger partial charge on any atom is 0.343 e. The van der Waals surface area contributed by atoms with Gasteiger partial charge in [0, 0.05) is 16.7 Å². The van der Waals surface area contributed by atoms with Crippen LogP contribution in [0, 0.1) is 23.8 Å². The number of cyclic esters (lactones) is 1. The largest absolute Gasteiger partial charge is 0.493 e. The lowest BCUT2D eigenvalue weighted by molar-refractivity contribution is -0.394. The van der Waals surface area contributed by atoms with E-state index in [0.717, 1.165) is 18.2 Å². The second-order valence-corrected chi connectivity index (χ2v) is 8.91. The molecule has 0 aromatic heterocycles. The topological polar surface area (TPSA) is 131 Å². The summed E-state index contributed by atoms with van der Waals surface area (Å²) in [6.45, 7) is 0. The third-order valence-electron chi connectivity index (χ3n) is 4.99. The van der Waals surface area contributed by atoms with Crippen molar-refractivity contribution >= 4 is 63.4 Å². The first-order valence-electron chi connectivity index (χ1n) is 10.1. The van der Waals surface area contributed by atoms with Crippen LogP contribution in [0.1, 0.15) is 11.1 Å². The molecule has 0 saturated heterocycles. The Morgan fingerprint density at radius 2 is 1.72 bits per heavy atom. The Morgan fingerprint density at radius 3 is 2.36 bits per heavy atom. The quantitative estimate of drug-likeness (QED) is 0.0956. The first kappa shape index (κ1) is 25.1. The number of nitro benzene ring substituents is 2. The molecule has 3 aromatic rings. The van der Waals surface area contributed by atoms with E-state index < -0.39 is 27.2 Å². The van der Waals surface area contributed by atoms with Gasteiger partial charge in [-0.25, -0.2) is 4.79 Å². The van der Waals surface area contributed by atoms with E-state index in [1.54, 1.807) is 48.6 Å². The van der Waals surface area contributed by atoms with Gasteiger partial charge in [0.05, 0.1) is 32.2 Å². The standard InChI is InChI=1S/C24H14ClIN2O8/c1-34-22-10-13(8-15-11-21(36-24(15)29)14-2-4-16(25)5-3-14)9-18(26)23(22)35-20-7-6-17(27(30)31)12-19(20)28(32)33/h2-12H,1H3/b15-8+. The molecule has 12 heteroatoms. The highest BCUT2D eigenvalue weighted by Crippen LogP contribution is 2.41. The first-order chi connectivity index (χ1) is 17.2. The average molecular weight is 621 g/mol. The van der Waals surface area contributed by atoms with Crippen LogP contribution in [0.25, 0.3) is 11.8 Å². The lowest BCUT2D eigenvalue weighted by atomic mass is 10.1. The SMILES string of the molecule is COc1cc(/C=C2\C=C(c3ccc(Cl)cc3)OC2=O)cc(I)c1Oc1ccc([N+](=O)[O-])cc1[N+](=O)[O-]. The number of benzene rings is 3. The van der Waals surface area contributed by atoms with E-state index >= 15 is 0 Å². The Bertz CT molecular complexity index is 1470. The van der Waals surface area contributed by atoms with Crippen molar-refractivity contribution in [2.45, 2.75) is 0 Å². The molecule has 4 rings (SSSR count). The van der Waals surface area contributed by atoms with Crippen LogP contribution in [0.5, 0.6) is 17.2 Å². The summed E-state index contributed by atoms with van der Waals surface area (Å²) in [6.07, 6.45) is 3.21. The van der Waals surface area contributed by atoms with Crippen LogP contribution in [0.15, 0.2) is 66.2 Å². The van der Waals surface area contributed by atoms with Gasteiger partial charge < -0.3 is 14.2 Å². The molecule has 0 unspecified atom stereocenters. The molecule has 0 saturated carbocycles. The maximum atomic E-state index is 12.4. The van der Waals surface area contributed by atoms with E-state index in [1.165, 1.54) is 7.11 Å². The number of rotatable bonds is 7. The molecule has 0 N–H and O–H groups in total. The molecule has 3 aromatic carbocycles. The lowest BCUT2D eigenvalue weighted by Crippen LogP contribution is -1.99. The molecule has 0 bridgehead atoms. The molecule has 10 nitrogen and oxygen atoms in total. The van der Waals surface area contributed by atoms with E-state index in [2.05, 4.69) is 0 Å². The Labute approximate surface area is 222 Å². The predicted octanol–water partition coefficient (Wildman–Crippen LogP) is 6.54. The average Bonchev–Trinajstić information content (AvgIpc) is 3.20. The van der Waals surface area contributed by atoms with Gasteiger partial charge in [0.2, 0.25) is 5.75 Å². The number of nitrogens with zero attached hydrogens (tertiary/aromatic N) is 2. The van der Waals surface area contributed by atoms with Crippen LogP contribution < -0.4 is 9.47 Å². The molecule has 0 atom stereocenters. The highest BCUT2D eigenvalue weighted by molar-refractivity contribution is 14.1. The number of methoxy groups -OCH3 is 1. The van der Waals surface area contributed by atoms with Crippen LogP contribution >= 0.6 is 34.2 Å². The van der Waals surface area contributed by atoms with Gasteiger partial charge in [0.15, 0.2) is 11.5 Å². The zero-order valence-corrected chi connectivity index (χ0v) is 21.2. The second kappa shape index (κ2) is 10.3. The summed E-state index contributed by atoms with van der Waals surface area (Å²) in [5.74, 6) is 0.0619. The monoisotopic (exact) mass is 620 g/mol. The van der Waals surface area contributed by atoms with Crippen molar-refractivity contribution in [2.24, 2.45) is 0 Å². The molecule has 0 fully saturated rings. The van der Waals surface area contributed by atoms with Crippen molar-refractivity contribution in [1.29, 1.82) is 0 Å². The molecule has 1 heterocycles. The Balaban J connectivity index is 1.68. The van der Waals surface area contributed by atoms with Crippen molar-refractivity contribution in [1.82, 2.24) is 0 Å². The number of esters is 1. The molecule has 0 radical (unpaired) electrons. The van der Waals surface area contributed by atoms with E-state index in [-0.39, 0.29) is 17.2 Å². The Hall–Kier alpha value is -3.97. The number of carbonyl (C=O) groups is 1. The molecule has 1 aliphatic heterocycles. The fraction of sp³-hybridized carbons (Fsp3) is 0.0417. The van der Waals surface area contributed by atoms with E-state index in [1.807, 2.05) is 22.6 Å². The minimum absolute atomic E-state index is 0.170. The van der Waals surface area contributed by atoms with Crippen molar-refractivity contribution < 1.29 is 28.9 Å². The van der Waals surface area contributed by atoms with Gasteiger partial charge >= 0.3 is 11.7 Å². The minimum atomic E-state index is -0.767. The number of ether oxygens (including phenoxy) is 3. The van der Waals surface area contributed by atoms with Crippen molar-refractivity contribution in [3.8, 4) is 17.2 Å². The van der Waals surface area contributed by atoms with Crippen molar-refractivity contribution in [3.05, 3.63) is 106 Å². The van der Waals surface area contributed by atoms with Crippen LogP contribution in [-0.2, 0) is 9.53 Å². The summed E-state index contributed by atoms with van der Waals surface area (Å²) in [7, 11) is 1.39. The van der Waals surface area contributed by atoms with Gasteiger partial charge in [-0.2, -0.15) is 0 Å². The number of nitro groups is 2. The molecule has 1 aliphatic rings. The number of halogens is 2. The third-order valence-corrected chi connectivity index (χ3v) is 6.04. The second-order valence-electron chi connectivity index (χ2n) is 7.31. The van der Waals surface area contributed by atoms with E-state index in [0.29, 0.717) is 31.1 Å². The van der Waals surface area contributed by atoms with Crippen molar-refractivity contribution in [3.63, 3.8) is 0 Å². The van der Waals surface area contributed by atoms with Gasteiger partial charge in [-0.05, 0) is 82.8 Å². The predicted molar refractivity (Wildman–Crippen MR) is 139 cm³/mol. The fourth-order valence-electron chi connectivity index (χ4n) is 3.31. The third kappa shape index (κ3) is 5.31. The minimum Gasteiger partial charge on any atom is -0.493 e. The summed E-state index contributed by atoms with van der Waals surface area (Å²) in [6, 6.07) is 13.2. The highest BCUT2D eigenvalue weighted by atomic mass is 127. The molecular formula is C24H14ClIN2O8. The summed E-state index contributed by atoms with van der Waals surface area (Å²) in [4.78, 5) is 33.4. The maximum absolute atomic E-state index is 12.4. The number of hydrogen-bond donors (Lipinski definition) is 0. The van der Waals surface area contributed by atoms with Gasteiger partial charge in [0.25, 0.3) is 5.69 Å². The van der Waals surface area contributed by atoms with Crippen molar-refractivity contribution in [2.75, 3.05) is 7.11 Å². The number of hydrogen-bond acceptors (Lipinski definition) is 8. The number of non-ortho nitro benzene ring substituents is 1. The van der Waals surface area contributed by atoms with Gasteiger partial charge in [0.1, 0.15) is 5.76 Å². The van der Waals surface area contributed by atoms with Crippen LogP contribution in [0.2, 0.25) is 5.02 Å². The summed E-state index contributed by atoms with van der Waals surface area (Å²) >= 11 is 7.87. The summed E-state index contributed by atoms with van der Waals surface area (Å²) in [5.41, 5.74) is 0.575. The summed E-state index contributed by atoms with van der Waals surface area (Å²) < 4.78 is 17.0. The molecule has 182 valence electrons. The Morgan fingerprint density at radius 1 is 1.00 bits per heavy atom. The van der Waals surface area contributed by atoms with E-state index in [4.69, 9.17) is 25.8 Å². The number of carbonyl (C=O) groups excluding carboxylic acids is 1. The molecule has 0 amide bonds. The van der Waals surface area contributed by atoms with Crippen LogP contribution in [0.4, 0.5) is 11.4 Å². The normalized spacial score (nSPS) is 13.8. The summed E-state index contributed by atoms with van der Waals surface area (Å²) in [5, 5.41) is 23.0. The molecule has 0 spiro atoms. The van der Waals surface area contributed by atoms with Gasteiger partial charge in [-0.1, -0.05) is 11.6 Å². The van der Waals surface area contributed by atoms with E-state index in [9.17, 15) is 25.0 Å². The highest BCUT2D eigenvalue weighted by Gasteiger charge is 2.25. The molecule has 0 aliphatic carbocycles. The fourth-order valence-corrected chi connectivity index (χ4v) is 4.17. The van der Waals surface area contributed by atoms with Crippen LogP contribution in [0.3, 0.4) is 0 Å². The first-order valence-corrected chi connectivity index (χ1v) is 11.5. The zero-order valence-electron chi connectivity index (χ0n) is 18.3. The Kier molecular flexibility index (Phi) is 7.22.